The Kier molecular flexibility index (Phi) is 5.03. The maximum absolute atomic E-state index is 13.3. The molecule has 1 aromatic heterocycles. The van der Waals surface area contributed by atoms with Crippen LogP contribution in [0.3, 0.4) is 0 Å². The number of aryl methyl sites for hydroxylation is 1. The maximum atomic E-state index is 13.3. The average Bonchev–Trinajstić information content (AvgIpc) is 3.09. The molecule has 0 aliphatic rings. The van der Waals surface area contributed by atoms with E-state index in [2.05, 4.69) is 14.9 Å². The van der Waals surface area contributed by atoms with Crippen LogP contribution in [0.2, 0.25) is 5.02 Å². The highest BCUT2D eigenvalue weighted by molar-refractivity contribution is 7.93. The third-order valence-corrected chi connectivity index (χ3v) is 6.69. The Morgan fingerprint density at radius 2 is 1.88 bits per heavy atom. The second-order valence-electron chi connectivity index (χ2n) is 5.28. The summed E-state index contributed by atoms with van der Waals surface area (Å²) in [6, 6.07) is 9.54. The summed E-state index contributed by atoms with van der Waals surface area (Å²) in [4.78, 5) is 12.4. The van der Waals surface area contributed by atoms with E-state index in [-0.39, 0.29) is 14.8 Å². The number of rotatable bonds is 4. The number of nitrogens with one attached hydrogen (secondary N) is 1. The molecule has 0 aliphatic heterocycles. The average molecular weight is 412 g/mol. The highest BCUT2D eigenvalue weighted by Gasteiger charge is 2.29. The zero-order chi connectivity index (χ0) is 18.9. The highest BCUT2D eigenvalue weighted by Crippen LogP contribution is 2.27. The summed E-state index contributed by atoms with van der Waals surface area (Å²) in [5.74, 6) is -1.17. The standard InChI is InChI=1S/C16H11ClFN3O3S2/c1-9-8-11(4-7-13(9)18)19-15(22)14-16(25-21-20-14)26(23,24)12-5-2-10(17)3-6-12/h2-8H,1H3,(H,19,22). The molecule has 0 radical (unpaired) electrons. The molecule has 0 aliphatic carbocycles. The zero-order valence-corrected chi connectivity index (χ0v) is 15.6. The number of hydrogen-bond donors (Lipinski definition) is 1. The molecular weight excluding hydrogens is 401 g/mol. The van der Waals surface area contributed by atoms with Crippen LogP contribution in [-0.4, -0.2) is 23.9 Å². The van der Waals surface area contributed by atoms with Crippen LogP contribution >= 0.6 is 23.1 Å². The second kappa shape index (κ2) is 7.10. The van der Waals surface area contributed by atoms with E-state index in [1.807, 2.05) is 0 Å². The topological polar surface area (TPSA) is 89.0 Å². The molecule has 3 rings (SSSR count). The van der Waals surface area contributed by atoms with Crippen LogP contribution in [0.4, 0.5) is 10.1 Å². The molecule has 0 saturated heterocycles. The van der Waals surface area contributed by atoms with Crippen LogP contribution in [0.1, 0.15) is 16.1 Å². The van der Waals surface area contributed by atoms with Gasteiger partial charge >= 0.3 is 0 Å². The Hall–Kier alpha value is -2.36. The van der Waals surface area contributed by atoms with Gasteiger partial charge in [-0.1, -0.05) is 16.1 Å². The van der Waals surface area contributed by atoms with Gasteiger partial charge in [-0.3, -0.25) is 4.79 Å². The van der Waals surface area contributed by atoms with Gasteiger partial charge in [0.15, 0.2) is 9.90 Å². The number of halogens is 2. The molecule has 0 atom stereocenters. The molecule has 0 fully saturated rings. The molecule has 0 unspecified atom stereocenters. The summed E-state index contributed by atoms with van der Waals surface area (Å²) in [6.07, 6.45) is 0. The minimum atomic E-state index is -3.98. The molecule has 2 aromatic carbocycles. The molecule has 3 aromatic rings. The Morgan fingerprint density at radius 1 is 1.19 bits per heavy atom. The molecule has 10 heteroatoms. The lowest BCUT2D eigenvalue weighted by atomic mass is 10.2. The van der Waals surface area contributed by atoms with Crippen molar-refractivity contribution in [2.45, 2.75) is 16.0 Å². The normalized spacial score (nSPS) is 11.3. The number of hydrogen-bond acceptors (Lipinski definition) is 6. The summed E-state index contributed by atoms with van der Waals surface area (Å²) in [7, 11) is -3.98. The monoisotopic (exact) mass is 411 g/mol. The fourth-order valence-corrected chi connectivity index (χ4v) is 4.55. The molecule has 26 heavy (non-hydrogen) atoms. The summed E-state index contributed by atoms with van der Waals surface area (Å²) < 4.78 is 42.1. The third kappa shape index (κ3) is 3.59. The number of benzene rings is 2. The molecule has 0 bridgehead atoms. The van der Waals surface area contributed by atoms with E-state index < -0.39 is 21.6 Å². The van der Waals surface area contributed by atoms with Crippen molar-refractivity contribution in [2.75, 3.05) is 5.32 Å². The van der Waals surface area contributed by atoms with E-state index in [9.17, 15) is 17.6 Å². The van der Waals surface area contributed by atoms with E-state index in [0.29, 0.717) is 27.8 Å². The first-order valence-corrected chi connectivity index (χ1v) is 9.83. The first-order chi connectivity index (χ1) is 12.3. The molecule has 1 amide bonds. The number of aromatic nitrogens is 2. The third-order valence-electron chi connectivity index (χ3n) is 3.46. The SMILES string of the molecule is Cc1cc(NC(=O)c2nnsc2S(=O)(=O)c2ccc(Cl)cc2)ccc1F. The summed E-state index contributed by atoms with van der Waals surface area (Å²) in [5, 5.41) is 6.52. The fraction of sp³-hybridized carbons (Fsp3) is 0.0625. The van der Waals surface area contributed by atoms with E-state index in [4.69, 9.17) is 11.6 Å². The summed E-state index contributed by atoms with van der Waals surface area (Å²) in [6.45, 7) is 1.55. The largest absolute Gasteiger partial charge is 0.321 e. The number of amides is 1. The van der Waals surface area contributed by atoms with Gasteiger partial charge in [-0.05, 0) is 55.0 Å². The molecule has 0 spiro atoms. The number of nitrogens with zero attached hydrogens (tertiary/aromatic N) is 2. The quantitative estimate of drug-likeness (QED) is 0.706. The summed E-state index contributed by atoms with van der Waals surface area (Å²) in [5.41, 5.74) is 0.330. The van der Waals surface area contributed by atoms with Gasteiger partial charge in [-0.2, -0.15) is 0 Å². The Bertz CT molecular complexity index is 1080. The van der Waals surface area contributed by atoms with E-state index >= 15 is 0 Å². The van der Waals surface area contributed by atoms with Crippen LogP contribution in [0, 0.1) is 12.7 Å². The van der Waals surface area contributed by atoms with Crippen molar-refractivity contribution in [3.05, 3.63) is 64.6 Å². The summed E-state index contributed by atoms with van der Waals surface area (Å²) >= 11 is 6.37. The Morgan fingerprint density at radius 3 is 2.54 bits per heavy atom. The number of anilines is 1. The van der Waals surface area contributed by atoms with Gasteiger partial charge in [-0.25, -0.2) is 12.8 Å². The van der Waals surface area contributed by atoms with Crippen molar-refractivity contribution in [3.63, 3.8) is 0 Å². The number of sulfone groups is 1. The van der Waals surface area contributed by atoms with Crippen LogP contribution in [0.15, 0.2) is 51.6 Å². The smallest absolute Gasteiger partial charge is 0.278 e. The predicted molar refractivity (Wildman–Crippen MR) is 95.9 cm³/mol. The van der Waals surface area contributed by atoms with Crippen molar-refractivity contribution >= 4 is 44.6 Å². The van der Waals surface area contributed by atoms with Gasteiger partial charge in [0.1, 0.15) is 5.82 Å². The van der Waals surface area contributed by atoms with Crippen molar-refractivity contribution in [1.82, 2.24) is 9.59 Å². The number of carbonyl (C=O) groups excluding carboxylic acids is 1. The van der Waals surface area contributed by atoms with E-state index in [1.165, 1.54) is 42.5 Å². The van der Waals surface area contributed by atoms with Gasteiger partial charge in [0.25, 0.3) is 5.91 Å². The van der Waals surface area contributed by atoms with Crippen molar-refractivity contribution < 1.29 is 17.6 Å². The Balaban J connectivity index is 1.93. The van der Waals surface area contributed by atoms with Gasteiger partial charge in [0, 0.05) is 22.2 Å². The zero-order valence-electron chi connectivity index (χ0n) is 13.2. The number of carbonyl (C=O) groups is 1. The van der Waals surface area contributed by atoms with Crippen LogP contribution < -0.4 is 5.32 Å². The van der Waals surface area contributed by atoms with Crippen LogP contribution in [0.25, 0.3) is 0 Å². The second-order valence-corrected chi connectivity index (χ2v) is 8.62. The van der Waals surface area contributed by atoms with E-state index in [1.54, 1.807) is 6.92 Å². The minimum Gasteiger partial charge on any atom is -0.321 e. The van der Waals surface area contributed by atoms with Crippen LogP contribution in [0.5, 0.6) is 0 Å². The van der Waals surface area contributed by atoms with Crippen molar-refractivity contribution in [2.24, 2.45) is 0 Å². The molecule has 1 heterocycles. The van der Waals surface area contributed by atoms with Gasteiger partial charge < -0.3 is 5.32 Å². The highest BCUT2D eigenvalue weighted by atomic mass is 35.5. The minimum absolute atomic E-state index is 0.0281. The maximum Gasteiger partial charge on any atom is 0.278 e. The Labute approximate surface area is 157 Å². The molecule has 6 nitrogen and oxygen atoms in total. The first kappa shape index (κ1) is 18.4. The van der Waals surface area contributed by atoms with Crippen LogP contribution in [-0.2, 0) is 9.84 Å². The van der Waals surface area contributed by atoms with Crippen molar-refractivity contribution in [3.8, 4) is 0 Å². The lowest BCUT2D eigenvalue weighted by Crippen LogP contribution is -2.16. The lowest BCUT2D eigenvalue weighted by Gasteiger charge is -2.07. The first-order valence-electron chi connectivity index (χ1n) is 7.19. The van der Waals surface area contributed by atoms with Gasteiger partial charge in [0.2, 0.25) is 9.84 Å². The molecule has 134 valence electrons. The van der Waals surface area contributed by atoms with E-state index in [0.717, 1.165) is 0 Å². The molecular formula is C16H11ClFN3O3S2. The van der Waals surface area contributed by atoms with Crippen molar-refractivity contribution in [1.29, 1.82) is 0 Å². The van der Waals surface area contributed by atoms with Gasteiger partial charge in [-0.15, -0.1) is 5.10 Å². The molecule has 0 saturated carbocycles. The van der Waals surface area contributed by atoms with Gasteiger partial charge in [0.05, 0.1) is 4.90 Å². The fourth-order valence-electron chi connectivity index (χ4n) is 2.13. The predicted octanol–water partition coefficient (Wildman–Crippen LogP) is 3.72. The lowest BCUT2D eigenvalue weighted by molar-refractivity contribution is 0.101. The molecule has 1 N–H and O–H groups in total.